The number of carbonyl (C=O) groups is 2. The number of amides is 1. The van der Waals surface area contributed by atoms with Crippen LogP contribution in [0.4, 0.5) is 5.69 Å². The maximum absolute atomic E-state index is 12.4. The molecule has 0 unspecified atom stereocenters. The normalized spacial score (nSPS) is 10.3. The minimum atomic E-state index is -0.514. The van der Waals surface area contributed by atoms with Crippen LogP contribution >= 0.6 is 0 Å². The first-order chi connectivity index (χ1) is 12.2. The van der Waals surface area contributed by atoms with Gasteiger partial charge in [0.1, 0.15) is 5.76 Å². The summed E-state index contributed by atoms with van der Waals surface area (Å²) < 4.78 is 10.3. The van der Waals surface area contributed by atoms with Crippen LogP contribution in [0.5, 0.6) is 0 Å². The lowest BCUT2D eigenvalue weighted by Gasteiger charge is -2.08. The Morgan fingerprint density at radius 2 is 1.68 bits per heavy atom. The second kappa shape index (κ2) is 7.49. The average Bonchev–Trinajstić information content (AvgIpc) is 3.11. The summed E-state index contributed by atoms with van der Waals surface area (Å²) in [4.78, 5) is 24.1. The maximum Gasteiger partial charge on any atom is 0.339 e. The lowest BCUT2D eigenvalue weighted by molar-refractivity contribution is 0.0602. The van der Waals surface area contributed by atoms with Crippen LogP contribution in [0, 0.1) is 0 Å². The van der Waals surface area contributed by atoms with Gasteiger partial charge in [0.25, 0.3) is 5.91 Å². The highest BCUT2D eigenvalue weighted by Gasteiger charge is 2.16. The van der Waals surface area contributed by atoms with E-state index in [2.05, 4.69) is 5.32 Å². The Hall–Kier alpha value is -3.34. The summed E-state index contributed by atoms with van der Waals surface area (Å²) in [5, 5.41) is 2.69. The molecule has 25 heavy (non-hydrogen) atoms. The molecule has 0 aliphatic rings. The third-order valence-electron chi connectivity index (χ3n) is 3.69. The fourth-order valence-corrected chi connectivity index (χ4v) is 2.46. The molecule has 0 bridgehead atoms. The molecular formula is C20H17NO4. The molecule has 1 aromatic heterocycles. The van der Waals surface area contributed by atoms with E-state index in [0.29, 0.717) is 17.9 Å². The standard InChI is InChI=1S/C20H17NO4/c1-24-20(23)16-9-5-6-10-17(16)21-19(22)18-12-11-15(25-18)13-14-7-3-2-4-8-14/h2-12H,13H2,1H3,(H,21,22). The van der Waals surface area contributed by atoms with E-state index in [1.165, 1.54) is 7.11 Å². The zero-order valence-corrected chi connectivity index (χ0v) is 13.7. The lowest BCUT2D eigenvalue weighted by atomic mass is 10.1. The highest BCUT2D eigenvalue weighted by molar-refractivity contribution is 6.06. The lowest BCUT2D eigenvalue weighted by Crippen LogP contribution is -2.14. The summed E-state index contributed by atoms with van der Waals surface area (Å²) in [5.41, 5.74) is 1.76. The average molecular weight is 335 g/mol. The van der Waals surface area contributed by atoms with Gasteiger partial charge < -0.3 is 14.5 Å². The van der Waals surface area contributed by atoms with E-state index < -0.39 is 11.9 Å². The molecule has 1 heterocycles. The molecule has 0 saturated carbocycles. The molecule has 126 valence electrons. The second-order valence-corrected chi connectivity index (χ2v) is 5.42. The van der Waals surface area contributed by atoms with Crippen LogP contribution in [0.2, 0.25) is 0 Å². The molecule has 1 amide bonds. The minimum absolute atomic E-state index is 0.186. The van der Waals surface area contributed by atoms with Gasteiger partial charge in [-0.25, -0.2) is 4.79 Å². The van der Waals surface area contributed by atoms with Crippen molar-refractivity contribution in [1.29, 1.82) is 0 Å². The van der Waals surface area contributed by atoms with E-state index in [4.69, 9.17) is 9.15 Å². The number of carbonyl (C=O) groups excluding carboxylic acids is 2. The fraction of sp³-hybridized carbons (Fsp3) is 0.100. The number of methoxy groups -OCH3 is 1. The number of benzene rings is 2. The van der Waals surface area contributed by atoms with Crippen LogP contribution in [-0.4, -0.2) is 19.0 Å². The molecule has 0 atom stereocenters. The molecule has 0 aliphatic heterocycles. The third kappa shape index (κ3) is 3.95. The molecule has 3 rings (SSSR count). The summed E-state index contributed by atoms with van der Waals surface area (Å²) in [6, 6.07) is 19.9. The van der Waals surface area contributed by atoms with Crippen molar-refractivity contribution in [3.8, 4) is 0 Å². The zero-order valence-electron chi connectivity index (χ0n) is 13.7. The number of nitrogens with one attached hydrogen (secondary N) is 1. The Balaban J connectivity index is 1.74. The van der Waals surface area contributed by atoms with E-state index in [-0.39, 0.29) is 11.3 Å². The molecule has 2 aromatic carbocycles. The summed E-state index contributed by atoms with van der Waals surface area (Å²) in [5.74, 6) is -0.0565. The van der Waals surface area contributed by atoms with Gasteiger partial charge in [0, 0.05) is 6.42 Å². The van der Waals surface area contributed by atoms with Gasteiger partial charge in [-0.3, -0.25) is 4.79 Å². The third-order valence-corrected chi connectivity index (χ3v) is 3.69. The minimum Gasteiger partial charge on any atom is -0.465 e. The highest BCUT2D eigenvalue weighted by Crippen LogP contribution is 2.19. The molecule has 0 fully saturated rings. The number of furan rings is 1. The summed E-state index contributed by atoms with van der Waals surface area (Å²) in [7, 11) is 1.29. The summed E-state index contributed by atoms with van der Waals surface area (Å²) in [6.07, 6.45) is 0.604. The first-order valence-electron chi connectivity index (χ1n) is 7.78. The van der Waals surface area contributed by atoms with Crippen LogP contribution < -0.4 is 5.32 Å². The molecule has 5 nitrogen and oxygen atoms in total. The molecule has 3 aromatic rings. The highest BCUT2D eigenvalue weighted by atomic mass is 16.5. The fourth-order valence-electron chi connectivity index (χ4n) is 2.46. The zero-order chi connectivity index (χ0) is 17.6. The van der Waals surface area contributed by atoms with Crippen molar-refractivity contribution in [2.45, 2.75) is 6.42 Å². The van der Waals surface area contributed by atoms with Gasteiger partial charge in [-0.1, -0.05) is 42.5 Å². The molecule has 0 aliphatic carbocycles. The van der Waals surface area contributed by atoms with Crippen LogP contribution in [0.25, 0.3) is 0 Å². The van der Waals surface area contributed by atoms with Crippen LogP contribution in [0.3, 0.4) is 0 Å². The Kier molecular flexibility index (Phi) is 4.95. The number of hydrogen-bond donors (Lipinski definition) is 1. The van der Waals surface area contributed by atoms with E-state index >= 15 is 0 Å². The van der Waals surface area contributed by atoms with Gasteiger partial charge in [-0.15, -0.1) is 0 Å². The van der Waals surface area contributed by atoms with Crippen molar-refractivity contribution in [2.75, 3.05) is 12.4 Å². The molecule has 5 heteroatoms. The smallest absolute Gasteiger partial charge is 0.339 e. The van der Waals surface area contributed by atoms with Crippen molar-refractivity contribution in [3.63, 3.8) is 0 Å². The van der Waals surface area contributed by atoms with Gasteiger partial charge in [0.05, 0.1) is 18.4 Å². The molecular weight excluding hydrogens is 318 g/mol. The van der Waals surface area contributed by atoms with Crippen molar-refractivity contribution in [2.24, 2.45) is 0 Å². The Bertz CT molecular complexity index is 883. The van der Waals surface area contributed by atoms with E-state index in [1.807, 2.05) is 30.3 Å². The van der Waals surface area contributed by atoms with Gasteiger partial charge in [-0.05, 0) is 29.8 Å². The monoisotopic (exact) mass is 335 g/mol. The summed E-state index contributed by atoms with van der Waals surface area (Å²) in [6.45, 7) is 0. The number of ether oxygens (including phenoxy) is 1. The van der Waals surface area contributed by atoms with Gasteiger partial charge in [-0.2, -0.15) is 0 Å². The molecule has 1 N–H and O–H groups in total. The molecule has 0 spiro atoms. The Morgan fingerprint density at radius 3 is 2.44 bits per heavy atom. The van der Waals surface area contributed by atoms with Crippen LogP contribution in [-0.2, 0) is 11.2 Å². The Labute approximate surface area is 145 Å². The largest absolute Gasteiger partial charge is 0.465 e. The van der Waals surface area contributed by atoms with Crippen LogP contribution in [0.15, 0.2) is 71.1 Å². The number of hydrogen-bond acceptors (Lipinski definition) is 4. The first-order valence-corrected chi connectivity index (χ1v) is 7.78. The maximum atomic E-state index is 12.4. The summed E-state index contributed by atoms with van der Waals surface area (Å²) >= 11 is 0. The van der Waals surface area contributed by atoms with Crippen molar-refractivity contribution in [3.05, 3.63) is 89.4 Å². The second-order valence-electron chi connectivity index (χ2n) is 5.42. The van der Waals surface area contributed by atoms with E-state index in [1.54, 1.807) is 36.4 Å². The predicted molar refractivity (Wildman–Crippen MR) is 93.7 cm³/mol. The van der Waals surface area contributed by atoms with Crippen molar-refractivity contribution >= 4 is 17.6 Å². The van der Waals surface area contributed by atoms with Gasteiger partial charge >= 0.3 is 5.97 Å². The number of esters is 1. The quantitative estimate of drug-likeness (QED) is 0.718. The first kappa shape index (κ1) is 16.5. The van der Waals surface area contributed by atoms with Crippen LogP contribution in [0.1, 0.15) is 32.2 Å². The van der Waals surface area contributed by atoms with E-state index in [9.17, 15) is 9.59 Å². The number of para-hydroxylation sites is 1. The number of rotatable bonds is 5. The van der Waals surface area contributed by atoms with Crippen molar-refractivity contribution in [1.82, 2.24) is 0 Å². The van der Waals surface area contributed by atoms with E-state index in [0.717, 1.165) is 5.56 Å². The van der Waals surface area contributed by atoms with Gasteiger partial charge in [0.2, 0.25) is 0 Å². The molecule has 0 radical (unpaired) electrons. The topological polar surface area (TPSA) is 68.5 Å². The van der Waals surface area contributed by atoms with Gasteiger partial charge in [0.15, 0.2) is 5.76 Å². The predicted octanol–water partition coefficient (Wildman–Crippen LogP) is 3.91. The van der Waals surface area contributed by atoms with Crippen molar-refractivity contribution < 1.29 is 18.7 Å². The number of anilines is 1. The molecule has 0 saturated heterocycles. The Morgan fingerprint density at radius 1 is 0.960 bits per heavy atom. The SMILES string of the molecule is COC(=O)c1ccccc1NC(=O)c1ccc(Cc2ccccc2)o1.